The first-order chi connectivity index (χ1) is 15.0. The molecule has 0 N–H and O–H groups in total. The third-order valence-electron chi connectivity index (χ3n) is 4.79. The molecule has 4 rings (SSSR count). The molecule has 0 fully saturated rings. The van der Waals surface area contributed by atoms with Gasteiger partial charge in [-0.2, -0.15) is 0 Å². The van der Waals surface area contributed by atoms with Crippen molar-refractivity contribution in [2.75, 3.05) is 0 Å². The molecule has 0 spiro atoms. The quantitative estimate of drug-likeness (QED) is 0.462. The lowest BCUT2D eigenvalue weighted by atomic mass is 10.1. The highest BCUT2D eigenvalue weighted by Gasteiger charge is 2.39. The fourth-order valence-corrected chi connectivity index (χ4v) is 4.43. The lowest BCUT2D eigenvalue weighted by molar-refractivity contribution is -0.137. The maximum absolute atomic E-state index is 13.4. The second-order valence-corrected chi connectivity index (χ2v) is 8.58. The third kappa shape index (κ3) is 4.72. The number of hydrogen-bond acceptors (Lipinski definition) is 4. The molecule has 1 heterocycles. The first kappa shape index (κ1) is 20.9. The molecule has 0 unspecified atom stereocenters. The van der Waals surface area contributed by atoms with Gasteiger partial charge in [0.2, 0.25) is 0 Å². The zero-order chi connectivity index (χ0) is 21.8. The van der Waals surface area contributed by atoms with Crippen molar-refractivity contribution in [3.05, 3.63) is 101 Å². The zero-order valence-electron chi connectivity index (χ0n) is 17.4. The molecule has 1 aliphatic heterocycles. The number of hydrogen-bond donors (Lipinski definition) is 0. The minimum absolute atomic E-state index is 0.0605. The van der Waals surface area contributed by atoms with E-state index in [0.29, 0.717) is 16.0 Å². The van der Waals surface area contributed by atoms with E-state index in [1.807, 2.05) is 98.8 Å². The first-order valence-corrected chi connectivity index (χ1v) is 11.0. The van der Waals surface area contributed by atoms with Crippen molar-refractivity contribution in [1.29, 1.82) is 0 Å². The first-order valence-electron chi connectivity index (χ1n) is 10.2. The van der Waals surface area contributed by atoms with Gasteiger partial charge in [-0.1, -0.05) is 72.4 Å². The Kier molecular flexibility index (Phi) is 6.23. The van der Waals surface area contributed by atoms with E-state index in [4.69, 9.17) is 4.74 Å². The molecule has 0 aromatic heterocycles. The topological polar surface area (TPSA) is 46.6 Å². The molecule has 1 aliphatic rings. The Labute approximate surface area is 186 Å². The van der Waals surface area contributed by atoms with E-state index >= 15 is 0 Å². The number of ether oxygens (including phenoxy) is 1. The van der Waals surface area contributed by atoms with Crippen molar-refractivity contribution < 1.29 is 14.3 Å². The number of imide groups is 1. The lowest BCUT2D eigenvalue weighted by Crippen LogP contribution is -2.30. The van der Waals surface area contributed by atoms with Crippen molar-refractivity contribution in [2.45, 2.75) is 31.4 Å². The van der Waals surface area contributed by atoms with Crippen LogP contribution in [-0.4, -0.2) is 22.8 Å². The normalized spacial score (nSPS) is 14.0. The summed E-state index contributed by atoms with van der Waals surface area (Å²) in [6.45, 7) is 4.17. The van der Waals surface area contributed by atoms with Crippen LogP contribution in [0.4, 0.5) is 0 Å². The van der Waals surface area contributed by atoms with E-state index in [0.717, 1.165) is 16.2 Å². The highest BCUT2D eigenvalue weighted by Crippen LogP contribution is 2.40. The van der Waals surface area contributed by atoms with Crippen molar-refractivity contribution in [3.63, 3.8) is 0 Å². The van der Waals surface area contributed by atoms with E-state index in [1.54, 1.807) is 0 Å². The molecule has 31 heavy (non-hydrogen) atoms. The van der Waals surface area contributed by atoms with Gasteiger partial charge in [0.15, 0.2) is 0 Å². The van der Waals surface area contributed by atoms with Gasteiger partial charge >= 0.3 is 0 Å². The SMILES string of the molecule is CC(C)Oc1ccc(C2=C(Sc3ccccc3)C(=O)N(Cc3ccccc3)C2=O)cc1. The molecule has 0 radical (unpaired) electrons. The summed E-state index contributed by atoms with van der Waals surface area (Å²) in [5.74, 6) is 0.194. The Balaban J connectivity index is 1.70. The Bertz CT molecular complexity index is 1110. The molecule has 3 aromatic carbocycles. The number of rotatable bonds is 7. The summed E-state index contributed by atoms with van der Waals surface area (Å²) in [4.78, 5) is 29.4. The van der Waals surface area contributed by atoms with Crippen LogP contribution < -0.4 is 4.74 Å². The smallest absolute Gasteiger partial charge is 0.268 e. The molecule has 0 bridgehead atoms. The van der Waals surface area contributed by atoms with Gasteiger partial charge in [-0.05, 0) is 49.2 Å². The molecule has 4 nitrogen and oxygen atoms in total. The van der Waals surface area contributed by atoms with Crippen LogP contribution in [0.15, 0.2) is 94.7 Å². The van der Waals surface area contributed by atoms with Crippen molar-refractivity contribution in [2.24, 2.45) is 0 Å². The predicted molar refractivity (Wildman–Crippen MR) is 123 cm³/mol. The van der Waals surface area contributed by atoms with Crippen molar-refractivity contribution >= 4 is 29.1 Å². The molecule has 0 aliphatic carbocycles. The van der Waals surface area contributed by atoms with Crippen LogP contribution >= 0.6 is 11.8 Å². The van der Waals surface area contributed by atoms with Crippen LogP contribution in [-0.2, 0) is 16.1 Å². The van der Waals surface area contributed by atoms with Gasteiger partial charge in [0.1, 0.15) is 5.75 Å². The third-order valence-corrected chi connectivity index (χ3v) is 5.88. The van der Waals surface area contributed by atoms with E-state index in [-0.39, 0.29) is 24.5 Å². The number of amides is 2. The number of carbonyl (C=O) groups is 2. The fourth-order valence-electron chi connectivity index (χ4n) is 3.39. The lowest BCUT2D eigenvalue weighted by Gasteiger charge is -2.15. The largest absolute Gasteiger partial charge is 0.491 e. The van der Waals surface area contributed by atoms with Crippen molar-refractivity contribution in [3.8, 4) is 5.75 Å². The van der Waals surface area contributed by atoms with E-state index in [9.17, 15) is 9.59 Å². The average molecular weight is 430 g/mol. The number of carbonyl (C=O) groups excluding carboxylic acids is 2. The van der Waals surface area contributed by atoms with Gasteiger partial charge in [0.25, 0.3) is 11.8 Å². The van der Waals surface area contributed by atoms with E-state index < -0.39 is 0 Å². The highest BCUT2D eigenvalue weighted by molar-refractivity contribution is 8.04. The van der Waals surface area contributed by atoms with Crippen LogP contribution in [0.2, 0.25) is 0 Å². The fraction of sp³-hybridized carbons (Fsp3) is 0.154. The van der Waals surface area contributed by atoms with Crippen molar-refractivity contribution in [1.82, 2.24) is 4.90 Å². The van der Waals surface area contributed by atoms with E-state index in [2.05, 4.69) is 0 Å². The predicted octanol–water partition coefficient (Wildman–Crippen LogP) is 5.55. The van der Waals surface area contributed by atoms with E-state index in [1.165, 1.54) is 16.7 Å². The number of nitrogens with zero attached hydrogens (tertiary/aromatic N) is 1. The standard InChI is InChI=1S/C26H23NO3S/c1-18(2)30-21-15-13-20(14-16-21)23-24(31-22-11-7-4-8-12-22)26(29)27(25(23)28)17-19-9-5-3-6-10-19/h3-16,18H,17H2,1-2H3. The maximum atomic E-state index is 13.4. The van der Waals surface area contributed by atoms with Gasteiger partial charge < -0.3 is 4.74 Å². The summed E-state index contributed by atoms with van der Waals surface area (Å²) in [5.41, 5.74) is 2.06. The Hall–Kier alpha value is -3.31. The second kappa shape index (κ2) is 9.23. The minimum atomic E-state index is -0.273. The molecule has 3 aromatic rings. The number of thioether (sulfide) groups is 1. The van der Waals surface area contributed by atoms with Crippen LogP contribution in [0.3, 0.4) is 0 Å². The molecule has 2 amide bonds. The van der Waals surface area contributed by atoms with Crippen LogP contribution in [0.1, 0.15) is 25.0 Å². The summed E-state index contributed by atoms with van der Waals surface area (Å²) in [6, 6.07) is 26.6. The molecule has 0 atom stereocenters. The van der Waals surface area contributed by atoms with Gasteiger partial charge in [0.05, 0.1) is 23.1 Å². The molecule has 5 heteroatoms. The molecule has 0 saturated carbocycles. The minimum Gasteiger partial charge on any atom is -0.491 e. The molecular formula is C26H23NO3S. The molecule has 156 valence electrons. The summed E-state index contributed by atoms with van der Waals surface area (Å²) in [7, 11) is 0. The Morgan fingerprint density at radius 2 is 1.42 bits per heavy atom. The molecule has 0 saturated heterocycles. The summed E-state index contributed by atoms with van der Waals surface area (Å²) in [5, 5.41) is 0. The summed E-state index contributed by atoms with van der Waals surface area (Å²) in [6.07, 6.45) is 0.0605. The Morgan fingerprint density at radius 1 is 0.806 bits per heavy atom. The molecular weight excluding hydrogens is 406 g/mol. The van der Waals surface area contributed by atoms with Gasteiger partial charge in [0, 0.05) is 4.90 Å². The summed E-state index contributed by atoms with van der Waals surface area (Å²) >= 11 is 1.33. The van der Waals surface area contributed by atoms with Crippen LogP contribution in [0.25, 0.3) is 5.57 Å². The van der Waals surface area contributed by atoms with Gasteiger partial charge in [-0.25, -0.2) is 0 Å². The monoisotopic (exact) mass is 429 g/mol. The van der Waals surface area contributed by atoms with Gasteiger partial charge in [-0.15, -0.1) is 0 Å². The maximum Gasteiger partial charge on any atom is 0.268 e. The van der Waals surface area contributed by atoms with Crippen LogP contribution in [0, 0.1) is 0 Å². The second-order valence-electron chi connectivity index (χ2n) is 7.49. The highest BCUT2D eigenvalue weighted by atomic mass is 32.2. The van der Waals surface area contributed by atoms with Gasteiger partial charge in [-0.3, -0.25) is 14.5 Å². The summed E-state index contributed by atoms with van der Waals surface area (Å²) < 4.78 is 5.72. The van der Waals surface area contributed by atoms with Crippen LogP contribution in [0.5, 0.6) is 5.75 Å². The number of benzene rings is 3. The zero-order valence-corrected chi connectivity index (χ0v) is 18.3. The Morgan fingerprint density at radius 3 is 2.03 bits per heavy atom. The average Bonchev–Trinajstić information content (AvgIpc) is 3.00.